The molecule has 1 saturated heterocycles. The first-order valence-corrected chi connectivity index (χ1v) is 9.07. The number of rotatable bonds is 4. The fourth-order valence-corrected chi connectivity index (χ4v) is 3.18. The van der Waals surface area contributed by atoms with Crippen molar-refractivity contribution >= 4 is 40.3 Å². The molecule has 1 aliphatic rings. The molecule has 130 valence electrons. The van der Waals surface area contributed by atoms with Crippen LogP contribution in [0.25, 0.3) is 0 Å². The van der Waals surface area contributed by atoms with Crippen LogP contribution in [0.4, 0.5) is 0 Å². The molecule has 1 aliphatic heterocycles. The lowest BCUT2D eigenvalue weighted by Gasteiger charge is -2.35. The summed E-state index contributed by atoms with van der Waals surface area (Å²) in [5, 5.41) is 2.67. The van der Waals surface area contributed by atoms with E-state index in [0.717, 1.165) is 3.57 Å². The lowest BCUT2D eigenvalue weighted by molar-refractivity contribution is -0.140. The normalized spacial score (nSPS) is 14.7. The zero-order chi connectivity index (χ0) is 17.7. The van der Waals surface area contributed by atoms with Gasteiger partial charge in [0.25, 0.3) is 5.91 Å². The van der Waals surface area contributed by atoms with Gasteiger partial charge in [0.1, 0.15) is 0 Å². The number of amides is 3. The molecule has 1 N–H and O–H groups in total. The number of carbonyl (C=O) groups excluding carboxylic acids is 3. The molecule has 1 fully saturated rings. The van der Waals surface area contributed by atoms with Crippen LogP contribution in [-0.2, 0) is 9.59 Å². The molecule has 0 saturated carbocycles. The Hall–Kier alpha value is -1.64. The second kappa shape index (κ2) is 8.46. The van der Waals surface area contributed by atoms with E-state index in [4.69, 9.17) is 0 Å². The van der Waals surface area contributed by atoms with Crippen LogP contribution in [0.2, 0.25) is 0 Å². The van der Waals surface area contributed by atoms with Gasteiger partial charge in [-0.1, -0.05) is 26.0 Å². The molecule has 2 rings (SSSR count). The van der Waals surface area contributed by atoms with Gasteiger partial charge in [0, 0.05) is 35.7 Å². The Balaban J connectivity index is 1.81. The first-order valence-electron chi connectivity index (χ1n) is 7.99. The highest BCUT2D eigenvalue weighted by molar-refractivity contribution is 14.1. The molecule has 0 aromatic heterocycles. The summed E-state index contributed by atoms with van der Waals surface area (Å²) in [5.74, 6) is -0.276. The third-order valence-electron chi connectivity index (χ3n) is 3.96. The summed E-state index contributed by atoms with van der Waals surface area (Å²) in [6, 6.07) is 7.24. The number of nitrogens with zero attached hydrogens (tertiary/aromatic N) is 2. The van der Waals surface area contributed by atoms with Crippen LogP contribution in [-0.4, -0.2) is 60.2 Å². The van der Waals surface area contributed by atoms with E-state index in [1.54, 1.807) is 21.9 Å². The van der Waals surface area contributed by atoms with E-state index in [9.17, 15) is 14.4 Å². The van der Waals surface area contributed by atoms with Gasteiger partial charge in [-0.15, -0.1) is 0 Å². The van der Waals surface area contributed by atoms with Crippen molar-refractivity contribution in [2.24, 2.45) is 5.92 Å². The molecule has 6 nitrogen and oxygen atoms in total. The molecule has 0 spiro atoms. The average Bonchev–Trinajstić information content (AvgIpc) is 2.59. The number of hydrogen-bond acceptors (Lipinski definition) is 3. The highest BCUT2D eigenvalue weighted by atomic mass is 127. The number of piperazine rings is 1. The predicted molar refractivity (Wildman–Crippen MR) is 99.5 cm³/mol. The summed E-state index contributed by atoms with van der Waals surface area (Å²) in [4.78, 5) is 39.8. The fourth-order valence-electron chi connectivity index (χ4n) is 2.55. The monoisotopic (exact) mass is 443 g/mol. The van der Waals surface area contributed by atoms with Crippen LogP contribution in [0, 0.1) is 9.49 Å². The second-order valence-electron chi connectivity index (χ2n) is 6.02. The Labute approximate surface area is 155 Å². The molecular weight excluding hydrogens is 421 g/mol. The standard InChI is InChI=1S/C17H22IN3O3/c1-12(2)17(24)21-9-7-20(8-10-21)15(22)11-19-16(23)13-5-3-4-6-14(13)18/h3-6,12H,7-11H2,1-2H3,(H,19,23). The average molecular weight is 443 g/mol. The van der Waals surface area contributed by atoms with Crippen LogP contribution in [0.3, 0.4) is 0 Å². The van der Waals surface area contributed by atoms with Gasteiger partial charge < -0.3 is 15.1 Å². The van der Waals surface area contributed by atoms with Gasteiger partial charge in [0.05, 0.1) is 12.1 Å². The van der Waals surface area contributed by atoms with E-state index in [-0.39, 0.29) is 30.2 Å². The van der Waals surface area contributed by atoms with Crippen molar-refractivity contribution in [2.75, 3.05) is 32.7 Å². The number of hydrogen-bond donors (Lipinski definition) is 1. The number of carbonyl (C=O) groups is 3. The lowest BCUT2D eigenvalue weighted by Crippen LogP contribution is -2.53. The second-order valence-corrected chi connectivity index (χ2v) is 7.19. The number of benzene rings is 1. The minimum Gasteiger partial charge on any atom is -0.343 e. The quantitative estimate of drug-likeness (QED) is 0.715. The van der Waals surface area contributed by atoms with Crippen molar-refractivity contribution in [2.45, 2.75) is 13.8 Å². The van der Waals surface area contributed by atoms with E-state index in [1.807, 2.05) is 26.0 Å². The van der Waals surface area contributed by atoms with E-state index in [0.29, 0.717) is 31.7 Å². The molecule has 24 heavy (non-hydrogen) atoms. The zero-order valence-corrected chi connectivity index (χ0v) is 16.1. The van der Waals surface area contributed by atoms with E-state index in [1.165, 1.54) is 0 Å². The largest absolute Gasteiger partial charge is 0.343 e. The summed E-state index contributed by atoms with van der Waals surface area (Å²) in [6.45, 7) is 5.84. The Morgan fingerprint density at radius 2 is 1.67 bits per heavy atom. The third-order valence-corrected chi connectivity index (χ3v) is 4.90. The summed E-state index contributed by atoms with van der Waals surface area (Å²) < 4.78 is 0.848. The van der Waals surface area contributed by atoms with Crippen molar-refractivity contribution < 1.29 is 14.4 Å². The topological polar surface area (TPSA) is 69.7 Å². The van der Waals surface area contributed by atoms with Gasteiger partial charge in [0.15, 0.2) is 0 Å². The lowest BCUT2D eigenvalue weighted by atomic mass is 10.1. The van der Waals surface area contributed by atoms with Crippen LogP contribution >= 0.6 is 22.6 Å². The highest BCUT2D eigenvalue weighted by Gasteiger charge is 2.25. The van der Waals surface area contributed by atoms with Gasteiger partial charge >= 0.3 is 0 Å². The summed E-state index contributed by atoms with van der Waals surface area (Å²) in [5.41, 5.74) is 0.568. The van der Waals surface area contributed by atoms with E-state index in [2.05, 4.69) is 27.9 Å². The molecule has 0 aliphatic carbocycles. The van der Waals surface area contributed by atoms with Gasteiger partial charge in [-0.3, -0.25) is 14.4 Å². The van der Waals surface area contributed by atoms with Crippen molar-refractivity contribution in [3.63, 3.8) is 0 Å². The minimum absolute atomic E-state index is 0.0259. The molecule has 0 bridgehead atoms. The summed E-state index contributed by atoms with van der Waals surface area (Å²) in [7, 11) is 0. The van der Waals surface area contributed by atoms with Crippen LogP contribution < -0.4 is 5.32 Å². The molecule has 3 amide bonds. The minimum atomic E-state index is -0.248. The smallest absolute Gasteiger partial charge is 0.252 e. The van der Waals surface area contributed by atoms with Crippen molar-refractivity contribution in [1.29, 1.82) is 0 Å². The predicted octanol–water partition coefficient (Wildman–Crippen LogP) is 1.35. The third kappa shape index (κ3) is 4.68. The highest BCUT2D eigenvalue weighted by Crippen LogP contribution is 2.11. The van der Waals surface area contributed by atoms with Crippen molar-refractivity contribution in [3.8, 4) is 0 Å². The molecule has 0 unspecified atom stereocenters. The van der Waals surface area contributed by atoms with Gasteiger partial charge in [0.2, 0.25) is 11.8 Å². The first-order chi connectivity index (χ1) is 11.4. The van der Waals surface area contributed by atoms with Crippen LogP contribution in [0.1, 0.15) is 24.2 Å². The molecule has 0 atom stereocenters. The molecule has 7 heteroatoms. The SMILES string of the molecule is CC(C)C(=O)N1CCN(C(=O)CNC(=O)c2ccccc2I)CC1. The van der Waals surface area contributed by atoms with Gasteiger partial charge in [-0.2, -0.15) is 0 Å². The van der Waals surface area contributed by atoms with Crippen molar-refractivity contribution in [3.05, 3.63) is 33.4 Å². The maximum Gasteiger partial charge on any atom is 0.252 e. The Morgan fingerprint density at radius 3 is 2.25 bits per heavy atom. The van der Waals surface area contributed by atoms with Crippen molar-refractivity contribution in [1.82, 2.24) is 15.1 Å². The zero-order valence-electron chi connectivity index (χ0n) is 13.9. The van der Waals surface area contributed by atoms with Gasteiger partial charge in [-0.25, -0.2) is 0 Å². The van der Waals surface area contributed by atoms with Crippen LogP contribution in [0.15, 0.2) is 24.3 Å². The first kappa shape index (κ1) is 18.7. The number of halogens is 1. The van der Waals surface area contributed by atoms with Gasteiger partial charge in [-0.05, 0) is 34.7 Å². The Kier molecular flexibility index (Phi) is 6.59. The van der Waals surface area contributed by atoms with Crippen LogP contribution in [0.5, 0.6) is 0 Å². The molecule has 0 radical (unpaired) electrons. The summed E-state index contributed by atoms with van der Waals surface area (Å²) >= 11 is 2.10. The van der Waals surface area contributed by atoms with E-state index >= 15 is 0 Å². The molecule has 1 aromatic carbocycles. The molecular formula is C17H22IN3O3. The summed E-state index contributed by atoms with van der Waals surface area (Å²) in [6.07, 6.45) is 0. The van der Waals surface area contributed by atoms with E-state index < -0.39 is 0 Å². The Morgan fingerprint density at radius 1 is 1.08 bits per heavy atom. The maximum atomic E-state index is 12.2. The fraction of sp³-hybridized carbons (Fsp3) is 0.471. The maximum absolute atomic E-state index is 12.2. The molecule has 1 aromatic rings. The Bertz CT molecular complexity index is 625. The molecule has 1 heterocycles. The number of nitrogens with one attached hydrogen (secondary N) is 1.